The summed E-state index contributed by atoms with van der Waals surface area (Å²) in [6.07, 6.45) is 4.27. The minimum atomic E-state index is 0.565. The minimum Gasteiger partial charge on any atom is -0.298 e. The molecule has 0 unspecified atom stereocenters. The predicted octanol–water partition coefficient (Wildman–Crippen LogP) is 3.78. The molecule has 0 saturated heterocycles. The second-order valence-corrected chi connectivity index (χ2v) is 4.33. The molecule has 0 aliphatic carbocycles. The summed E-state index contributed by atoms with van der Waals surface area (Å²) in [6, 6.07) is 11.1. The highest BCUT2D eigenvalue weighted by Crippen LogP contribution is 2.21. The molecule has 18 heavy (non-hydrogen) atoms. The molecule has 0 amide bonds. The number of aryl methyl sites for hydroxylation is 1. The van der Waals surface area contributed by atoms with Gasteiger partial charge in [0.25, 0.3) is 0 Å². The Hall–Kier alpha value is -1.93. The van der Waals surface area contributed by atoms with Gasteiger partial charge in [0.1, 0.15) is 0 Å². The summed E-state index contributed by atoms with van der Waals surface area (Å²) < 4.78 is 0. The first-order valence-corrected chi connectivity index (χ1v) is 5.93. The normalized spacial score (nSPS) is 11.3. The van der Waals surface area contributed by atoms with Crippen molar-refractivity contribution in [2.24, 2.45) is 0 Å². The van der Waals surface area contributed by atoms with Crippen molar-refractivity contribution in [1.82, 2.24) is 4.98 Å². The Kier molecular flexibility index (Phi) is 3.90. The van der Waals surface area contributed by atoms with Crippen LogP contribution >= 0.6 is 11.6 Å². The van der Waals surface area contributed by atoms with Gasteiger partial charge in [0, 0.05) is 28.0 Å². The molecule has 0 N–H and O–H groups in total. The van der Waals surface area contributed by atoms with Crippen LogP contribution in [0.15, 0.2) is 42.6 Å². The van der Waals surface area contributed by atoms with Gasteiger partial charge in [-0.15, -0.1) is 0 Å². The lowest BCUT2D eigenvalue weighted by Crippen LogP contribution is -1.89. The lowest BCUT2D eigenvalue weighted by molar-refractivity contribution is -0.103. The van der Waals surface area contributed by atoms with E-state index in [9.17, 15) is 4.79 Å². The summed E-state index contributed by atoms with van der Waals surface area (Å²) in [5, 5.41) is 0.622. The number of allylic oxidation sites excluding steroid dienone is 1. The maximum absolute atomic E-state index is 11.2. The van der Waals surface area contributed by atoms with Gasteiger partial charge in [-0.05, 0) is 30.7 Å². The number of halogens is 1. The molecule has 2 nitrogen and oxygen atoms in total. The summed E-state index contributed by atoms with van der Waals surface area (Å²) in [6.45, 7) is 1.90. The molecule has 0 aliphatic heterocycles. The van der Waals surface area contributed by atoms with Gasteiger partial charge in [-0.25, -0.2) is 0 Å². The van der Waals surface area contributed by atoms with E-state index in [1.54, 1.807) is 18.3 Å². The van der Waals surface area contributed by atoms with Crippen LogP contribution in [-0.4, -0.2) is 11.3 Å². The highest BCUT2D eigenvalue weighted by atomic mass is 35.5. The Morgan fingerprint density at radius 2 is 2.00 bits per heavy atom. The number of carbonyl (C=O) groups excluding carboxylic acids is 1. The minimum absolute atomic E-state index is 0.565. The molecule has 2 aromatic rings. The number of benzene rings is 1. The number of carbonyl (C=O) groups is 1. The SMILES string of the molecule is Cc1ccc(C(C=O)=Cc2ccccc2Cl)cn1. The van der Waals surface area contributed by atoms with Crippen LogP contribution in [0.2, 0.25) is 5.02 Å². The van der Waals surface area contributed by atoms with Gasteiger partial charge >= 0.3 is 0 Å². The van der Waals surface area contributed by atoms with Crippen molar-refractivity contribution in [3.05, 3.63) is 64.4 Å². The Morgan fingerprint density at radius 1 is 1.22 bits per heavy atom. The molecule has 0 fully saturated rings. The number of aldehydes is 1. The zero-order valence-electron chi connectivity index (χ0n) is 9.93. The van der Waals surface area contributed by atoms with Crippen molar-refractivity contribution >= 4 is 29.5 Å². The molecule has 0 radical (unpaired) electrons. The molecule has 0 aliphatic rings. The summed E-state index contributed by atoms with van der Waals surface area (Å²) in [4.78, 5) is 15.3. The van der Waals surface area contributed by atoms with Crippen LogP contribution in [0.1, 0.15) is 16.8 Å². The fourth-order valence-electron chi connectivity index (χ4n) is 1.58. The van der Waals surface area contributed by atoms with E-state index in [-0.39, 0.29) is 0 Å². The first kappa shape index (κ1) is 12.5. The second kappa shape index (κ2) is 5.61. The van der Waals surface area contributed by atoms with Gasteiger partial charge in [0.15, 0.2) is 6.29 Å². The smallest absolute Gasteiger partial charge is 0.150 e. The van der Waals surface area contributed by atoms with E-state index in [4.69, 9.17) is 11.6 Å². The molecule has 2 rings (SSSR count). The third-order valence-corrected chi connectivity index (χ3v) is 2.93. The number of hydrogen-bond acceptors (Lipinski definition) is 2. The molecule has 1 aromatic heterocycles. The first-order chi connectivity index (χ1) is 8.70. The monoisotopic (exact) mass is 257 g/mol. The van der Waals surface area contributed by atoms with E-state index in [0.29, 0.717) is 10.6 Å². The number of rotatable bonds is 3. The molecule has 3 heteroatoms. The van der Waals surface area contributed by atoms with Crippen LogP contribution in [0.25, 0.3) is 11.6 Å². The molecule has 1 heterocycles. The van der Waals surface area contributed by atoms with Crippen molar-refractivity contribution in [2.45, 2.75) is 6.92 Å². The van der Waals surface area contributed by atoms with Gasteiger partial charge in [0.2, 0.25) is 0 Å². The van der Waals surface area contributed by atoms with Crippen LogP contribution in [0.3, 0.4) is 0 Å². The molecule has 0 saturated carbocycles. The fourth-order valence-corrected chi connectivity index (χ4v) is 1.77. The van der Waals surface area contributed by atoms with Gasteiger partial charge < -0.3 is 0 Å². The van der Waals surface area contributed by atoms with Gasteiger partial charge in [-0.2, -0.15) is 0 Å². The zero-order valence-corrected chi connectivity index (χ0v) is 10.7. The summed E-state index contributed by atoms with van der Waals surface area (Å²) in [5.74, 6) is 0. The van der Waals surface area contributed by atoms with Crippen LogP contribution in [0.5, 0.6) is 0 Å². The van der Waals surface area contributed by atoms with E-state index in [2.05, 4.69) is 4.98 Å². The van der Waals surface area contributed by atoms with Crippen molar-refractivity contribution < 1.29 is 4.79 Å². The fraction of sp³-hybridized carbons (Fsp3) is 0.0667. The van der Waals surface area contributed by atoms with E-state index in [1.807, 2.05) is 37.3 Å². The van der Waals surface area contributed by atoms with E-state index < -0.39 is 0 Å². The Balaban J connectivity index is 2.43. The van der Waals surface area contributed by atoms with Crippen molar-refractivity contribution in [3.63, 3.8) is 0 Å². The molecule has 90 valence electrons. The van der Waals surface area contributed by atoms with Crippen LogP contribution in [0.4, 0.5) is 0 Å². The van der Waals surface area contributed by atoms with Gasteiger partial charge in [0.05, 0.1) is 0 Å². The maximum Gasteiger partial charge on any atom is 0.150 e. The molecular weight excluding hydrogens is 246 g/mol. The molecule has 0 atom stereocenters. The summed E-state index contributed by atoms with van der Waals surface area (Å²) in [5.41, 5.74) is 3.09. The zero-order chi connectivity index (χ0) is 13.0. The Labute approximate surface area is 111 Å². The summed E-state index contributed by atoms with van der Waals surface area (Å²) >= 11 is 6.06. The average molecular weight is 258 g/mol. The average Bonchev–Trinajstić information content (AvgIpc) is 2.39. The number of aromatic nitrogens is 1. The lowest BCUT2D eigenvalue weighted by Gasteiger charge is -2.02. The van der Waals surface area contributed by atoms with Gasteiger partial charge in [-0.1, -0.05) is 35.9 Å². The highest BCUT2D eigenvalue weighted by Gasteiger charge is 2.03. The van der Waals surface area contributed by atoms with E-state index >= 15 is 0 Å². The van der Waals surface area contributed by atoms with E-state index in [1.165, 1.54) is 0 Å². The van der Waals surface area contributed by atoms with Crippen LogP contribution in [-0.2, 0) is 4.79 Å². The van der Waals surface area contributed by atoms with Crippen molar-refractivity contribution in [2.75, 3.05) is 0 Å². The van der Waals surface area contributed by atoms with Crippen LogP contribution in [0, 0.1) is 6.92 Å². The largest absolute Gasteiger partial charge is 0.298 e. The lowest BCUT2D eigenvalue weighted by atomic mass is 10.1. The van der Waals surface area contributed by atoms with Crippen molar-refractivity contribution in [3.8, 4) is 0 Å². The molecule has 0 bridgehead atoms. The van der Waals surface area contributed by atoms with Crippen molar-refractivity contribution in [1.29, 1.82) is 0 Å². The Morgan fingerprint density at radius 3 is 2.61 bits per heavy atom. The molecule has 0 spiro atoms. The number of hydrogen-bond donors (Lipinski definition) is 0. The molecular formula is C15H12ClNO. The second-order valence-electron chi connectivity index (χ2n) is 3.93. The number of pyridine rings is 1. The molecule has 1 aromatic carbocycles. The first-order valence-electron chi connectivity index (χ1n) is 5.55. The van der Waals surface area contributed by atoms with Gasteiger partial charge in [-0.3, -0.25) is 9.78 Å². The third-order valence-electron chi connectivity index (χ3n) is 2.59. The summed E-state index contributed by atoms with van der Waals surface area (Å²) in [7, 11) is 0. The quantitative estimate of drug-likeness (QED) is 0.619. The maximum atomic E-state index is 11.2. The third kappa shape index (κ3) is 2.84. The highest BCUT2D eigenvalue weighted by molar-refractivity contribution is 6.32. The standard InChI is InChI=1S/C15H12ClNO/c1-11-6-7-13(9-17-11)14(10-18)8-12-4-2-3-5-15(12)16/h2-10H,1H3. The van der Waals surface area contributed by atoms with Crippen LogP contribution < -0.4 is 0 Å². The predicted molar refractivity (Wildman–Crippen MR) is 74.4 cm³/mol. The number of nitrogens with zero attached hydrogens (tertiary/aromatic N) is 1. The Bertz CT molecular complexity index is 588. The topological polar surface area (TPSA) is 30.0 Å². The van der Waals surface area contributed by atoms with E-state index in [0.717, 1.165) is 23.1 Å².